The molecule has 3 rings (SSSR count). The van der Waals surface area contributed by atoms with Crippen molar-refractivity contribution in [3.63, 3.8) is 0 Å². The summed E-state index contributed by atoms with van der Waals surface area (Å²) in [6.45, 7) is 0. The summed E-state index contributed by atoms with van der Waals surface area (Å²) >= 11 is 1.74. The molecule has 0 bridgehead atoms. The van der Waals surface area contributed by atoms with Gasteiger partial charge in [-0.1, -0.05) is 31.0 Å². The maximum Gasteiger partial charge on any atom is 0.224 e. The summed E-state index contributed by atoms with van der Waals surface area (Å²) < 4.78 is 5.16. The molecule has 1 aromatic carbocycles. The number of amides is 1. The maximum atomic E-state index is 12.5. The fraction of sp³-hybridized carbons (Fsp3) is 0.421. The van der Waals surface area contributed by atoms with Gasteiger partial charge in [0.05, 0.1) is 19.6 Å². The zero-order valence-corrected chi connectivity index (χ0v) is 14.3. The second kappa shape index (κ2) is 7.64. The SMILES string of the molecule is COc1ccc(CC(=O)NC(c2cccs2)C2CCCC2)cc1. The van der Waals surface area contributed by atoms with Crippen molar-refractivity contribution in [2.24, 2.45) is 5.92 Å². The van der Waals surface area contributed by atoms with E-state index < -0.39 is 0 Å². The van der Waals surface area contributed by atoms with E-state index in [1.807, 2.05) is 24.3 Å². The Kier molecular flexibility index (Phi) is 5.34. The Morgan fingerprint density at radius 1 is 1.26 bits per heavy atom. The maximum absolute atomic E-state index is 12.5. The van der Waals surface area contributed by atoms with Crippen molar-refractivity contribution in [2.75, 3.05) is 7.11 Å². The van der Waals surface area contributed by atoms with Crippen molar-refractivity contribution in [1.29, 1.82) is 0 Å². The number of methoxy groups -OCH3 is 1. The van der Waals surface area contributed by atoms with Gasteiger partial charge >= 0.3 is 0 Å². The molecule has 1 atom stereocenters. The van der Waals surface area contributed by atoms with Gasteiger partial charge in [-0.15, -0.1) is 11.3 Å². The molecule has 1 heterocycles. The molecule has 1 fully saturated rings. The number of carbonyl (C=O) groups excluding carboxylic acids is 1. The van der Waals surface area contributed by atoms with E-state index in [-0.39, 0.29) is 11.9 Å². The van der Waals surface area contributed by atoms with E-state index in [0.29, 0.717) is 12.3 Å². The normalized spacial score (nSPS) is 16.2. The molecule has 122 valence electrons. The van der Waals surface area contributed by atoms with Crippen molar-refractivity contribution in [1.82, 2.24) is 5.32 Å². The van der Waals surface area contributed by atoms with E-state index in [4.69, 9.17) is 4.74 Å². The van der Waals surface area contributed by atoms with E-state index in [1.165, 1.54) is 30.6 Å². The Balaban J connectivity index is 1.65. The van der Waals surface area contributed by atoms with E-state index in [0.717, 1.165) is 11.3 Å². The Hall–Kier alpha value is -1.81. The Bertz CT molecular complexity index is 615. The predicted octanol–water partition coefficient (Wildman–Crippen LogP) is 4.35. The monoisotopic (exact) mass is 329 g/mol. The molecule has 1 amide bonds. The number of hydrogen-bond donors (Lipinski definition) is 1. The highest BCUT2D eigenvalue weighted by molar-refractivity contribution is 7.10. The molecule has 1 saturated carbocycles. The smallest absolute Gasteiger partial charge is 0.224 e. The molecule has 0 aliphatic heterocycles. The molecule has 1 aliphatic carbocycles. The number of rotatable bonds is 6. The first kappa shape index (κ1) is 16.1. The van der Waals surface area contributed by atoms with Crippen LogP contribution in [0.25, 0.3) is 0 Å². The Morgan fingerprint density at radius 3 is 2.61 bits per heavy atom. The first-order valence-corrected chi connectivity index (χ1v) is 9.10. The van der Waals surface area contributed by atoms with Crippen LogP contribution in [0.5, 0.6) is 5.75 Å². The Labute approximate surface area is 141 Å². The average molecular weight is 329 g/mol. The minimum Gasteiger partial charge on any atom is -0.497 e. The summed E-state index contributed by atoms with van der Waals surface area (Å²) in [6.07, 6.45) is 5.40. The van der Waals surface area contributed by atoms with Gasteiger partial charge in [-0.3, -0.25) is 4.79 Å². The van der Waals surface area contributed by atoms with Crippen LogP contribution < -0.4 is 10.1 Å². The average Bonchev–Trinajstić information content (AvgIpc) is 3.27. The van der Waals surface area contributed by atoms with Crippen molar-refractivity contribution >= 4 is 17.2 Å². The van der Waals surface area contributed by atoms with Crippen LogP contribution in [0.2, 0.25) is 0 Å². The quantitative estimate of drug-likeness (QED) is 0.856. The fourth-order valence-electron chi connectivity index (χ4n) is 3.33. The number of benzene rings is 1. The lowest BCUT2D eigenvalue weighted by Crippen LogP contribution is -2.33. The van der Waals surface area contributed by atoms with Crippen molar-refractivity contribution in [3.8, 4) is 5.75 Å². The molecule has 0 saturated heterocycles. The predicted molar refractivity (Wildman–Crippen MR) is 93.9 cm³/mol. The summed E-state index contributed by atoms with van der Waals surface area (Å²) in [6, 6.07) is 12.1. The molecule has 0 spiro atoms. The van der Waals surface area contributed by atoms with E-state index in [1.54, 1.807) is 18.4 Å². The van der Waals surface area contributed by atoms with Crippen molar-refractivity contribution in [3.05, 3.63) is 52.2 Å². The van der Waals surface area contributed by atoms with Crippen LogP contribution in [0.4, 0.5) is 0 Å². The van der Waals surface area contributed by atoms with Gasteiger partial charge in [0, 0.05) is 4.88 Å². The van der Waals surface area contributed by atoms with Gasteiger partial charge in [0.1, 0.15) is 5.75 Å². The highest BCUT2D eigenvalue weighted by Crippen LogP contribution is 2.37. The lowest BCUT2D eigenvalue weighted by Gasteiger charge is -2.24. The van der Waals surface area contributed by atoms with Gasteiger partial charge in [0.2, 0.25) is 5.91 Å². The third kappa shape index (κ3) is 4.14. The second-order valence-electron chi connectivity index (χ2n) is 6.13. The minimum absolute atomic E-state index is 0.0977. The van der Waals surface area contributed by atoms with Gasteiger partial charge in [-0.05, 0) is 47.9 Å². The Morgan fingerprint density at radius 2 is 2.00 bits per heavy atom. The van der Waals surface area contributed by atoms with Crippen LogP contribution in [0.3, 0.4) is 0 Å². The second-order valence-corrected chi connectivity index (χ2v) is 7.11. The summed E-state index contributed by atoms with van der Waals surface area (Å²) in [4.78, 5) is 13.8. The van der Waals surface area contributed by atoms with Crippen LogP contribution in [0, 0.1) is 5.92 Å². The molecule has 2 aromatic rings. The molecule has 3 nitrogen and oxygen atoms in total. The van der Waals surface area contributed by atoms with Crippen LogP contribution >= 0.6 is 11.3 Å². The summed E-state index contributed by atoms with van der Waals surface area (Å²) in [5.41, 5.74) is 1.01. The summed E-state index contributed by atoms with van der Waals surface area (Å²) in [7, 11) is 1.65. The standard InChI is InChI=1S/C19H23NO2S/c1-22-16-10-8-14(9-11-16)13-18(21)20-19(15-5-2-3-6-15)17-7-4-12-23-17/h4,7-12,15,19H,2-3,5-6,13H2,1H3,(H,20,21). The zero-order chi connectivity index (χ0) is 16.1. The van der Waals surface area contributed by atoms with E-state index in [9.17, 15) is 4.79 Å². The van der Waals surface area contributed by atoms with E-state index >= 15 is 0 Å². The molecule has 4 heteroatoms. The number of ether oxygens (including phenoxy) is 1. The van der Waals surface area contributed by atoms with Crippen LogP contribution in [-0.4, -0.2) is 13.0 Å². The first-order chi connectivity index (χ1) is 11.3. The fourth-order valence-corrected chi connectivity index (χ4v) is 4.20. The molecule has 1 N–H and O–H groups in total. The molecule has 0 radical (unpaired) electrons. The van der Waals surface area contributed by atoms with Crippen LogP contribution in [0.15, 0.2) is 41.8 Å². The molecule has 1 unspecified atom stereocenters. The molecule has 23 heavy (non-hydrogen) atoms. The van der Waals surface area contributed by atoms with Gasteiger partial charge in [0.25, 0.3) is 0 Å². The van der Waals surface area contributed by atoms with E-state index in [2.05, 4.69) is 22.8 Å². The lowest BCUT2D eigenvalue weighted by atomic mass is 9.96. The molecular weight excluding hydrogens is 306 g/mol. The lowest BCUT2D eigenvalue weighted by molar-refractivity contribution is -0.121. The highest BCUT2D eigenvalue weighted by atomic mass is 32.1. The highest BCUT2D eigenvalue weighted by Gasteiger charge is 2.28. The minimum atomic E-state index is 0.0977. The number of carbonyl (C=O) groups is 1. The molecule has 1 aromatic heterocycles. The number of hydrogen-bond acceptors (Lipinski definition) is 3. The number of nitrogens with one attached hydrogen (secondary N) is 1. The van der Waals surface area contributed by atoms with Crippen LogP contribution in [-0.2, 0) is 11.2 Å². The van der Waals surface area contributed by atoms with Crippen molar-refractivity contribution < 1.29 is 9.53 Å². The van der Waals surface area contributed by atoms with Gasteiger partial charge < -0.3 is 10.1 Å². The third-order valence-electron chi connectivity index (χ3n) is 4.56. The zero-order valence-electron chi connectivity index (χ0n) is 13.5. The topological polar surface area (TPSA) is 38.3 Å². The third-order valence-corrected chi connectivity index (χ3v) is 5.52. The largest absolute Gasteiger partial charge is 0.497 e. The van der Waals surface area contributed by atoms with Crippen LogP contribution in [0.1, 0.15) is 42.2 Å². The number of thiophene rings is 1. The summed E-state index contributed by atoms with van der Waals surface area (Å²) in [5, 5.41) is 5.37. The first-order valence-electron chi connectivity index (χ1n) is 8.22. The molecular formula is C19H23NO2S. The van der Waals surface area contributed by atoms with Gasteiger partial charge in [-0.2, -0.15) is 0 Å². The molecule has 1 aliphatic rings. The van der Waals surface area contributed by atoms with Crippen molar-refractivity contribution in [2.45, 2.75) is 38.1 Å². The summed E-state index contributed by atoms with van der Waals surface area (Å²) in [5.74, 6) is 1.49. The van der Waals surface area contributed by atoms with Gasteiger partial charge in [0.15, 0.2) is 0 Å². The van der Waals surface area contributed by atoms with Gasteiger partial charge in [-0.25, -0.2) is 0 Å².